The normalized spacial score (nSPS) is 11.9. The minimum absolute atomic E-state index is 0.0988. The number of nitrogens with one attached hydrogen (secondary N) is 1. The Morgan fingerprint density at radius 2 is 2.08 bits per heavy atom. The van der Waals surface area contributed by atoms with Crippen molar-refractivity contribution >= 4 is 23.4 Å². The van der Waals surface area contributed by atoms with Crippen LogP contribution in [-0.2, 0) is 10.5 Å². The van der Waals surface area contributed by atoms with E-state index >= 15 is 0 Å². The van der Waals surface area contributed by atoms with Gasteiger partial charge in [-0.15, -0.1) is 11.8 Å². The van der Waals surface area contributed by atoms with Gasteiger partial charge in [-0.1, -0.05) is 5.16 Å². The zero-order valence-corrected chi connectivity index (χ0v) is 15.3. The first-order valence-corrected chi connectivity index (χ1v) is 8.57. The van der Waals surface area contributed by atoms with E-state index in [-0.39, 0.29) is 11.2 Å². The highest BCUT2D eigenvalue weighted by molar-refractivity contribution is 7.99. The van der Waals surface area contributed by atoms with Crippen molar-refractivity contribution in [3.05, 3.63) is 35.2 Å². The molecule has 0 aliphatic carbocycles. The maximum absolute atomic E-state index is 12.4. The highest BCUT2D eigenvalue weighted by Crippen LogP contribution is 2.30. The second kappa shape index (κ2) is 8.10. The fourth-order valence-electron chi connectivity index (χ4n) is 2.14. The van der Waals surface area contributed by atoms with E-state index in [2.05, 4.69) is 10.5 Å². The van der Waals surface area contributed by atoms with Crippen molar-refractivity contribution in [1.82, 2.24) is 5.16 Å². The highest BCUT2D eigenvalue weighted by Gasteiger charge is 2.18. The van der Waals surface area contributed by atoms with Crippen LogP contribution in [0.3, 0.4) is 0 Å². The maximum Gasteiger partial charge on any atom is 0.237 e. The van der Waals surface area contributed by atoms with Gasteiger partial charge in [0.1, 0.15) is 17.3 Å². The number of aromatic nitrogens is 1. The lowest BCUT2D eigenvalue weighted by Crippen LogP contribution is -2.23. The predicted molar refractivity (Wildman–Crippen MR) is 94.9 cm³/mol. The summed E-state index contributed by atoms with van der Waals surface area (Å²) in [7, 11) is 3.14. The minimum atomic E-state index is -0.241. The van der Waals surface area contributed by atoms with E-state index in [1.165, 1.54) is 11.8 Å². The number of hydrogen-bond acceptors (Lipinski definition) is 6. The first kappa shape index (κ1) is 18.2. The Morgan fingerprint density at radius 1 is 1.33 bits per heavy atom. The quantitative estimate of drug-likeness (QED) is 0.823. The molecule has 24 heavy (non-hydrogen) atoms. The minimum Gasteiger partial charge on any atom is -0.497 e. The molecule has 0 aliphatic rings. The van der Waals surface area contributed by atoms with Crippen LogP contribution in [0.5, 0.6) is 11.5 Å². The van der Waals surface area contributed by atoms with Crippen LogP contribution >= 0.6 is 11.8 Å². The van der Waals surface area contributed by atoms with Gasteiger partial charge < -0.3 is 19.3 Å². The largest absolute Gasteiger partial charge is 0.497 e. The van der Waals surface area contributed by atoms with E-state index < -0.39 is 0 Å². The molecule has 1 unspecified atom stereocenters. The molecule has 0 fully saturated rings. The van der Waals surface area contributed by atoms with Gasteiger partial charge in [-0.05, 0) is 32.9 Å². The molecule has 1 atom stereocenters. The van der Waals surface area contributed by atoms with E-state index in [1.54, 1.807) is 32.4 Å². The number of hydrogen-bond donors (Lipinski definition) is 1. The van der Waals surface area contributed by atoms with Gasteiger partial charge in [0.05, 0.1) is 30.9 Å². The molecule has 1 N–H and O–H groups in total. The van der Waals surface area contributed by atoms with Crippen LogP contribution in [-0.4, -0.2) is 30.5 Å². The number of anilines is 1. The van der Waals surface area contributed by atoms with Gasteiger partial charge in [-0.3, -0.25) is 4.79 Å². The number of methoxy groups -OCH3 is 2. The van der Waals surface area contributed by atoms with Crippen molar-refractivity contribution in [2.45, 2.75) is 31.8 Å². The summed E-state index contributed by atoms with van der Waals surface area (Å²) in [6, 6.07) is 5.28. The van der Waals surface area contributed by atoms with E-state index in [1.807, 2.05) is 20.8 Å². The highest BCUT2D eigenvalue weighted by atomic mass is 32.2. The Bertz CT molecular complexity index is 695. The first-order valence-electron chi connectivity index (χ1n) is 7.52. The number of carbonyl (C=O) groups is 1. The van der Waals surface area contributed by atoms with Gasteiger partial charge in [0.2, 0.25) is 5.91 Å². The standard InChI is InChI=1S/C17H22N2O4S/c1-10-14(11(2)23-19-10)9-24-12(3)17(20)18-15-8-13(21-4)6-7-16(15)22-5/h6-8,12H,9H2,1-5H3,(H,18,20). The lowest BCUT2D eigenvalue weighted by molar-refractivity contribution is -0.115. The number of carbonyl (C=O) groups excluding carboxylic acids is 1. The van der Waals surface area contributed by atoms with Crippen LogP contribution in [0, 0.1) is 13.8 Å². The summed E-state index contributed by atoms with van der Waals surface area (Å²) in [5.41, 5.74) is 2.49. The lowest BCUT2D eigenvalue weighted by Gasteiger charge is -2.15. The van der Waals surface area contributed by atoms with Crippen molar-refractivity contribution in [2.24, 2.45) is 0 Å². The summed E-state index contributed by atoms with van der Waals surface area (Å²) in [6.07, 6.45) is 0. The van der Waals surface area contributed by atoms with E-state index in [0.29, 0.717) is 22.9 Å². The summed E-state index contributed by atoms with van der Waals surface area (Å²) in [5, 5.41) is 6.58. The lowest BCUT2D eigenvalue weighted by atomic mass is 10.2. The Balaban J connectivity index is 2.01. The zero-order chi connectivity index (χ0) is 17.7. The number of nitrogens with zero attached hydrogens (tertiary/aromatic N) is 1. The smallest absolute Gasteiger partial charge is 0.237 e. The van der Waals surface area contributed by atoms with Crippen LogP contribution in [0.25, 0.3) is 0 Å². The Kier molecular flexibility index (Phi) is 6.14. The molecule has 1 aromatic heterocycles. The number of thioether (sulfide) groups is 1. The molecule has 7 heteroatoms. The Morgan fingerprint density at radius 3 is 2.67 bits per heavy atom. The topological polar surface area (TPSA) is 73.6 Å². The van der Waals surface area contributed by atoms with Gasteiger partial charge in [-0.2, -0.15) is 0 Å². The molecule has 130 valence electrons. The third-order valence-electron chi connectivity index (χ3n) is 3.69. The SMILES string of the molecule is COc1ccc(OC)c(NC(=O)C(C)SCc2c(C)noc2C)c1. The summed E-state index contributed by atoms with van der Waals surface area (Å²) in [6.45, 7) is 5.64. The van der Waals surface area contributed by atoms with E-state index in [9.17, 15) is 4.79 Å². The van der Waals surface area contributed by atoms with Crippen molar-refractivity contribution in [3.63, 3.8) is 0 Å². The van der Waals surface area contributed by atoms with Gasteiger partial charge in [0, 0.05) is 17.4 Å². The van der Waals surface area contributed by atoms with Crippen molar-refractivity contribution in [1.29, 1.82) is 0 Å². The second-order valence-corrected chi connectivity index (χ2v) is 6.64. The molecule has 0 saturated heterocycles. The average molecular weight is 350 g/mol. The summed E-state index contributed by atoms with van der Waals surface area (Å²) >= 11 is 1.53. The molecule has 2 aromatic rings. The molecule has 1 aromatic carbocycles. The summed E-state index contributed by atoms with van der Waals surface area (Å²) < 4.78 is 15.6. The van der Waals surface area contributed by atoms with E-state index in [0.717, 1.165) is 17.0 Å². The van der Waals surface area contributed by atoms with Crippen molar-refractivity contribution < 1.29 is 18.8 Å². The molecular formula is C17H22N2O4S. The number of rotatable bonds is 7. The molecule has 0 radical (unpaired) electrons. The van der Waals surface area contributed by atoms with Gasteiger partial charge >= 0.3 is 0 Å². The van der Waals surface area contributed by atoms with E-state index in [4.69, 9.17) is 14.0 Å². The van der Waals surface area contributed by atoms with Crippen LogP contribution in [0.15, 0.2) is 22.7 Å². The molecular weight excluding hydrogens is 328 g/mol. The van der Waals surface area contributed by atoms with Gasteiger partial charge in [0.25, 0.3) is 0 Å². The van der Waals surface area contributed by atoms with Crippen molar-refractivity contribution in [3.8, 4) is 11.5 Å². The fourth-order valence-corrected chi connectivity index (χ4v) is 3.18. The first-order chi connectivity index (χ1) is 11.5. The molecule has 1 heterocycles. The molecule has 0 saturated carbocycles. The molecule has 1 amide bonds. The third-order valence-corrected chi connectivity index (χ3v) is 4.86. The number of amides is 1. The number of aryl methyl sites for hydroxylation is 2. The maximum atomic E-state index is 12.4. The number of ether oxygens (including phenoxy) is 2. The Labute approximate surface area is 145 Å². The zero-order valence-electron chi connectivity index (χ0n) is 14.5. The van der Waals surface area contributed by atoms with Crippen LogP contribution in [0.2, 0.25) is 0 Å². The van der Waals surface area contributed by atoms with Gasteiger partial charge in [0.15, 0.2) is 0 Å². The molecule has 2 rings (SSSR count). The van der Waals surface area contributed by atoms with Crippen LogP contribution < -0.4 is 14.8 Å². The Hall–Kier alpha value is -2.15. The fraction of sp³-hybridized carbons (Fsp3) is 0.412. The number of benzene rings is 1. The van der Waals surface area contributed by atoms with Crippen molar-refractivity contribution in [2.75, 3.05) is 19.5 Å². The monoisotopic (exact) mass is 350 g/mol. The molecule has 0 bridgehead atoms. The molecule has 6 nitrogen and oxygen atoms in total. The van der Waals surface area contributed by atoms with Crippen LogP contribution in [0.1, 0.15) is 23.9 Å². The molecule has 0 spiro atoms. The third kappa shape index (κ3) is 4.23. The second-order valence-electron chi connectivity index (χ2n) is 5.31. The van der Waals surface area contributed by atoms with Gasteiger partial charge in [-0.25, -0.2) is 0 Å². The summed E-state index contributed by atoms with van der Waals surface area (Å²) in [5.74, 6) is 2.61. The summed E-state index contributed by atoms with van der Waals surface area (Å²) in [4.78, 5) is 12.4. The predicted octanol–water partition coefficient (Wildman–Crippen LogP) is 3.57. The average Bonchev–Trinajstić information content (AvgIpc) is 2.90. The molecule has 0 aliphatic heterocycles. The van der Waals surface area contributed by atoms with Crippen LogP contribution in [0.4, 0.5) is 5.69 Å².